The highest BCUT2D eigenvalue weighted by Crippen LogP contribution is 2.25. The smallest absolute Gasteiger partial charge is 0.358 e. The van der Waals surface area contributed by atoms with E-state index >= 15 is 0 Å². The van der Waals surface area contributed by atoms with Gasteiger partial charge in [-0.05, 0) is 12.1 Å². The second-order valence-electron chi connectivity index (χ2n) is 5.83. The molecule has 2 aromatic carbocycles. The van der Waals surface area contributed by atoms with Crippen molar-refractivity contribution in [3.05, 3.63) is 65.7 Å². The summed E-state index contributed by atoms with van der Waals surface area (Å²) in [6, 6.07) is 16.8. The fourth-order valence-corrected chi connectivity index (χ4v) is 3.22. The van der Waals surface area contributed by atoms with Crippen molar-refractivity contribution >= 4 is 23.2 Å². The molecule has 0 fully saturated rings. The summed E-state index contributed by atoms with van der Waals surface area (Å²) in [6.45, 7) is 0.140. The quantitative estimate of drug-likeness (QED) is 0.429. The number of thiazole rings is 1. The van der Waals surface area contributed by atoms with E-state index in [1.54, 1.807) is 24.6 Å². The van der Waals surface area contributed by atoms with Crippen LogP contribution in [-0.2, 0) is 9.53 Å². The third kappa shape index (κ3) is 5.79. The molecule has 3 aromatic rings. The van der Waals surface area contributed by atoms with Crippen LogP contribution in [0.1, 0.15) is 10.5 Å². The largest absolute Gasteiger partial charge is 0.493 e. The second-order valence-corrected chi connectivity index (χ2v) is 6.69. The minimum Gasteiger partial charge on any atom is -0.493 e. The molecule has 0 saturated carbocycles. The van der Waals surface area contributed by atoms with Crippen LogP contribution < -0.4 is 14.8 Å². The fraction of sp³-hybridized carbons (Fsp3) is 0.190. The first-order valence-electron chi connectivity index (χ1n) is 8.88. The van der Waals surface area contributed by atoms with Gasteiger partial charge in [-0.2, -0.15) is 0 Å². The molecule has 1 aromatic heterocycles. The highest BCUT2D eigenvalue weighted by atomic mass is 32.1. The van der Waals surface area contributed by atoms with Gasteiger partial charge in [0.25, 0.3) is 5.91 Å². The van der Waals surface area contributed by atoms with Crippen LogP contribution in [0.4, 0.5) is 0 Å². The van der Waals surface area contributed by atoms with E-state index in [-0.39, 0.29) is 25.5 Å². The lowest BCUT2D eigenvalue weighted by Crippen LogP contribution is -2.32. The molecule has 7 nitrogen and oxygen atoms in total. The number of methoxy groups -OCH3 is 1. The number of nitrogens with zero attached hydrogens (tertiary/aromatic N) is 1. The van der Waals surface area contributed by atoms with Crippen LogP contribution in [-0.4, -0.2) is 43.7 Å². The highest BCUT2D eigenvalue weighted by molar-refractivity contribution is 7.13. The molecule has 0 spiro atoms. The number of para-hydroxylation sites is 2. The Balaban J connectivity index is 1.39. The maximum Gasteiger partial charge on any atom is 0.358 e. The number of aromatic nitrogens is 1. The molecule has 1 heterocycles. The van der Waals surface area contributed by atoms with Crippen LogP contribution in [0, 0.1) is 0 Å². The summed E-state index contributed by atoms with van der Waals surface area (Å²) in [5.41, 5.74) is 1.10. The zero-order chi connectivity index (χ0) is 20.5. The Labute approximate surface area is 172 Å². The summed E-state index contributed by atoms with van der Waals surface area (Å²) >= 11 is 1.34. The van der Waals surface area contributed by atoms with Crippen LogP contribution in [0.25, 0.3) is 10.6 Å². The topological polar surface area (TPSA) is 86.8 Å². The molecule has 8 heteroatoms. The van der Waals surface area contributed by atoms with Crippen LogP contribution in [0.5, 0.6) is 11.5 Å². The molecule has 1 N–H and O–H groups in total. The van der Waals surface area contributed by atoms with E-state index in [1.807, 2.05) is 42.5 Å². The Morgan fingerprint density at radius 2 is 1.76 bits per heavy atom. The first-order chi connectivity index (χ1) is 14.2. The van der Waals surface area contributed by atoms with E-state index in [4.69, 9.17) is 14.2 Å². The molecule has 0 atom stereocenters. The predicted octanol–water partition coefficient (Wildman–Crippen LogP) is 3.17. The number of carbonyl (C=O) groups excluding carboxylic acids is 2. The summed E-state index contributed by atoms with van der Waals surface area (Å²) in [7, 11) is 1.56. The number of esters is 1. The van der Waals surface area contributed by atoms with Crippen LogP contribution in [0.3, 0.4) is 0 Å². The number of hydrogen-bond acceptors (Lipinski definition) is 7. The average molecular weight is 412 g/mol. The van der Waals surface area contributed by atoms with Crippen molar-refractivity contribution in [3.8, 4) is 22.1 Å². The summed E-state index contributed by atoms with van der Waals surface area (Å²) in [5.74, 6) is 0.156. The lowest BCUT2D eigenvalue weighted by Gasteiger charge is -2.10. The maximum absolute atomic E-state index is 12.1. The van der Waals surface area contributed by atoms with E-state index in [9.17, 15) is 9.59 Å². The minimum atomic E-state index is -0.635. The van der Waals surface area contributed by atoms with Crippen molar-refractivity contribution in [1.82, 2.24) is 10.3 Å². The van der Waals surface area contributed by atoms with Crippen molar-refractivity contribution in [3.63, 3.8) is 0 Å². The Morgan fingerprint density at radius 1 is 1.03 bits per heavy atom. The third-order valence-electron chi connectivity index (χ3n) is 3.82. The number of ether oxygens (including phenoxy) is 3. The van der Waals surface area contributed by atoms with E-state index in [1.165, 1.54) is 11.3 Å². The molecule has 0 bridgehead atoms. The molecule has 0 saturated heterocycles. The van der Waals surface area contributed by atoms with Crippen molar-refractivity contribution in [2.24, 2.45) is 0 Å². The molecule has 0 radical (unpaired) electrons. The van der Waals surface area contributed by atoms with Gasteiger partial charge >= 0.3 is 5.97 Å². The van der Waals surface area contributed by atoms with Gasteiger partial charge in [0.05, 0.1) is 13.7 Å². The van der Waals surface area contributed by atoms with Crippen molar-refractivity contribution in [1.29, 1.82) is 0 Å². The number of benzene rings is 2. The molecule has 0 aliphatic carbocycles. The predicted molar refractivity (Wildman–Crippen MR) is 109 cm³/mol. The molecule has 0 aliphatic heterocycles. The lowest BCUT2D eigenvalue weighted by molar-refractivity contribution is -0.124. The van der Waals surface area contributed by atoms with Crippen molar-refractivity contribution in [2.75, 3.05) is 26.9 Å². The molecule has 150 valence electrons. The van der Waals surface area contributed by atoms with Gasteiger partial charge in [-0.15, -0.1) is 11.3 Å². The summed E-state index contributed by atoms with van der Waals surface area (Å²) < 4.78 is 15.8. The summed E-state index contributed by atoms with van der Waals surface area (Å²) in [5, 5.41) is 4.96. The van der Waals surface area contributed by atoms with E-state index in [0.717, 1.165) is 10.6 Å². The third-order valence-corrected chi connectivity index (χ3v) is 4.71. The summed E-state index contributed by atoms with van der Waals surface area (Å²) in [4.78, 5) is 28.2. The van der Waals surface area contributed by atoms with Gasteiger partial charge in [0, 0.05) is 10.9 Å². The zero-order valence-electron chi connectivity index (χ0n) is 15.8. The molecule has 1 amide bonds. The van der Waals surface area contributed by atoms with E-state index in [0.29, 0.717) is 11.5 Å². The molecular weight excluding hydrogens is 392 g/mol. The van der Waals surface area contributed by atoms with E-state index < -0.39 is 11.9 Å². The van der Waals surface area contributed by atoms with Gasteiger partial charge in [0.15, 0.2) is 23.8 Å². The monoisotopic (exact) mass is 412 g/mol. The van der Waals surface area contributed by atoms with E-state index in [2.05, 4.69) is 10.3 Å². The number of carbonyl (C=O) groups is 2. The second kappa shape index (κ2) is 10.2. The Kier molecular flexibility index (Phi) is 7.18. The SMILES string of the molecule is COc1ccccc1OCCNC(=O)COC(=O)c1csc(-c2ccccc2)n1. The number of nitrogens with one attached hydrogen (secondary N) is 1. The number of rotatable bonds is 9. The zero-order valence-corrected chi connectivity index (χ0v) is 16.6. The van der Waals surface area contributed by atoms with Gasteiger partial charge in [0.1, 0.15) is 11.6 Å². The minimum absolute atomic E-state index is 0.182. The first-order valence-corrected chi connectivity index (χ1v) is 9.76. The number of amides is 1. The average Bonchev–Trinajstić information content (AvgIpc) is 3.26. The molecule has 3 rings (SSSR count). The van der Waals surface area contributed by atoms with Gasteiger partial charge in [0.2, 0.25) is 0 Å². The van der Waals surface area contributed by atoms with Gasteiger partial charge in [-0.3, -0.25) is 4.79 Å². The lowest BCUT2D eigenvalue weighted by atomic mass is 10.2. The molecule has 29 heavy (non-hydrogen) atoms. The Morgan fingerprint density at radius 3 is 2.52 bits per heavy atom. The van der Waals surface area contributed by atoms with Crippen molar-refractivity contribution in [2.45, 2.75) is 0 Å². The first kappa shape index (κ1) is 20.3. The molecule has 0 aliphatic rings. The molecular formula is C21H20N2O5S. The van der Waals surface area contributed by atoms with Gasteiger partial charge in [-0.1, -0.05) is 42.5 Å². The number of hydrogen-bond donors (Lipinski definition) is 1. The van der Waals surface area contributed by atoms with Crippen LogP contribution in [0.2, 0.25) is 0 Å². The highest BCUT2D eigenvalue weighted by Gasteiger charge is 2.14. The Bertz CT molecular complexity index is 958. The van der Waals surface area contributed by atoms with Gasteiger partial charge < -0.3 is 19.5 Å². The maximum atomic E-state index is 12.1. The molecule has 0 unspecified atom stereocenters. The van der Waals surface area contributed by atoms with Gasteiger partial charge in [-0.25, -0.2) is 9.78 Å². The standard InChI is InChI=1S/C21H20N2O5S/c1-26-17-9-5-6-10-18(17)27-12-11-22-19(24)13-28-21(25)16-14-29-20(23-16)15-7-3-2-4-8-15/h2-10,14H,11-13H2,1H3,(H,22,24). The van der Waals surface area contributed by atoms with Crippen LogP contribution in [0.15, 0.2) is 60.0 Å². The Hall–Kier alpha value is -3.39. The fourth-order valence-electron chi connectivity index (χ4n) is 2.43. The normalized spacial score (nSPS) is 10.2. The summed E-state index contributed by atoms with van der Waals surface area (Å²) in [6.07, 6.45) is 0. The van der Waals surface area contributed by atoms with Crippen molar-refractivity contribution < 1.29 is 23.8 Å². The van der Waals surface area contributed by atoms with Crippen LogP contribution >= 0.6 is 11.3 Å².